The molecule has 0 aliphatic carbocycles. The number of rotatable bonds is 3. The number of aryl methyl sites for hydroxylation is 1. The summed E-state index contributed by atoms with van der Waals surface area (Å²) in [6.07, 6.45) is 0. The SMILES string of the molecule is CCn1c(C(N)=O)cc2cc(OC)c(F)cc21. The fourth-order valence-corrected chi connectivity index (χ4v) is 1.96. The van der Waals surface area contributed by atoms with Crippen molar-refractivity contribution >= 4 is 16.8 Å². The van der Waals surface area contributed by atoms with Crippen LogP contribution < -0.4 is 10.5 Å². The van der Waals surface area contributed by atoms with E-state index in [9.17, 15) is 9.18 Å². The molecule has 1 amide bonds. The number of nitrogens with two attached hydrogens (primary N) is 1. The molecule has 2 N–H and O–H groups in total. The average Bonchev–Trinajstić information content (AvgIpc) is 2.65. The molecule has 90 valence electrons. The van der Waals surface area contributed by atoms with Crippen LogP contribution in [0, 0.1) is 5.82 Å². The van der Waals surface area contributed by atoms with Crippen LogP contribution in [0.4, 0.5) is 4.39 Å². The summed E-state index contributed by atoms with van der Waals surface area (Å²) in [6.45, 7) is 2.42. The number of amides is 1. The van der Waals surface area contributed by atoms with Crippen molar-refractivity contribution in [3.63, 3.8) is 0 Å². The number of fused-ring (bicyclic) bond motifs is 1. The summed E-state index contributed by atoms with van der Waals surface area (Å²) < 4.78 is 20.2. The lowest BCUT2D eigenvalue weighted by Crippen LogP contribution is -2.16. The number of nitrogens with zero attached hydrogens (tertiary/aromatic N) is 1. The number of hydrogen-bond acceptors (Lipinski definition) is 2. The van der Waals surface area contributed by atoms with Gasteiger partial charge in [0, 0.05) is 18.0 Å². The first kappa shape index (κ1) is 11.4. The van der Waals surface area contributed by atoms with Gasteiger partial charge in [-0.25, -0.2) is 4.39 Å². The number of aromatic nitrogens is 1. The van der Waals surface area contributed by atoms with Gasteiger partial charge in [-0.1, -0.05) is 0 Å². The second-order valence-electron chi connectivity index (χ2n) is 3.68. The predicted molar refractivity (Wildman–Crippen MR) is 62.6 cm³/mol. The molecule has 1 heterocycles. The van der Waals surface area contributed by atoms with Gasteiger partial charge < -0.3 is 15.0 Å². The van der Waals surface area contributed by atoms with Gasteiger partial charge in [0.15, 0.2) is 11.6 Å². The number of carbonyl (C=O) groups excluding carboxylic acids is 1. The highest BCUT2D eigenvalue weighted by atomic mass is 19.1. The predicted octanol–water partition coefficient (Wildman–Crippen LogP) is 1.91. The summed E-state index contributed by atoms with van der Waals surface area (Å²) in [5.74, 6) is -0.826. The maximum absolute atomic E-state index is 13.6. The van der Waals surface area contributed by atoms with E-state index >= 15 is 0 Å². The van der Waals surface area contributed by atoms with Crippen molar-refractivity contribution in [3.8, 4) is 5.75 Å². The van der Waals surface area contributed by atoms with E-state index in [2.05, 4.69) is 0 Å². The first-order valence-corrected chi connectivity index (χ1v) is 5.25. The Morgan fingerprint density at radius 3 is 2.71 bits per heavy atom. The van der Waals surface area contributed by atoms with Crippen molar-refractivity contribution in [1.29, 1.82) is 0 Å². The van der Waals surface area contributed by atoms with E-state index in [0.29, 0.717) is 17.8 Å². The molecule has 0 saturated heterocycles. The highest BCUT2D eigenvalue weighted by Gasteiger charge is 2.14. The van der Waals surface area contributed by atoms with Crippen molar-refractivity contribution in [2.45, 2.75) is 13.5 Å². The van der Waals surface area contributed by atoms with Crippen LogP contribution in [-0.4, -0.2) is 17.6 Å². The molecule has 2 aromatic rings. The number of halogens is 1. The molecule has 0 fully saturated rings. The molecule has 1 aromatic carbocycles. The van der Waals surface area contributed by atoms with Crippen LogP contribution in [0.15, 0.2) is 18.2 Å². The van der Waals surface area contributed by atoms with Crippen LogP contribution in [0.3, 0.4) is 0 Å². The molecule has 5 heteroatoms. The molecule has 17 heavy (non-hydrogen) atoms. The minimum Gasteiger partial charge on any atom is -0.494 e. The Hall–Kier alpha value is -2.04. The lowest BCUT2D eigenvalue weighted by Gasteiger charge is -2.06. The van der Waals surface area contributed by atoms with E-state index in [4.69, 9.17) is 10.5 Å². The third-order valence-corrected chi connectivity index (χ3v) is 2.74. The Kier molecular flexibility index (Phi) is 2.75. The summed E-state index contributed by atoms with van der Waals surface area (Å²) >= 11 is 0. The van der Waals surface area contributed by atoms with Crippen LogP contribution in [0.1, 0.15) is 17.4 Å². The van der Waals surface area contributed by atoms with Crippen LogP contribution in [0.25, 0.3) is 10.9 Å². The molecule has 0 aliphatic heterocycles. The van der Waals surface area contributed by atoms with Crippen LogP contribution in [0.5, 0.6) is 5.75 Å². The number of carbonyl (C=O) groups is 1. The fraction of sp³-hybridized carbons (Fsp3) is 0.250. The number of hydrogen-bond donors (Lipinski definition) is 1. The normalized spacial score (nSPS) is 10.8. The lowest BCUT2D eigenvalue weighted by molar-refractivity contribution is 0.0992. The fourth-order valence-electron chi connectivity index (χ4n) is 1.96. The quantitative estimate of drug-likeness (QED) is 0.884. The van der Waals surface area contributed by atoms with Gasteiger partial charge in [0.25, 0.3) is 5.91 Å². The van der Waals surface area contributed by atoms with E-state index in [-0.39, 0.29) is 5.75 Å². The molecule has 0 unspecified atom stereocenters. The van der Waals surface area contributed by atoms with E-state index in [0.717, 1.165) is 5.39 Å². The van der Waals surface area contributed by atoms with E-state index < -0.39 is 11.7 Å². The van der Waals surface area contributed by atoms with Crippen LogP contribution >= 0.6 is 0 Å². The second kappa shape index (κ2) is 4.08. The highest BCUT2D eigenvalue weighted by molar-refractivity contribution is 5.98. The van der Waals surface area contributed by atoms with Gasteiger partial charge in [-0.15, -0.1) is 0 Å². The van der Waals surface area contributed by atoms with E-state index in [1.807, 2.05) is 6.92 Å². The molecule has 0 spiro atoms. The summed E-state index contributed by atoms with van der Waals surface area (Å²) in [5.41, 5.74) is 6.29. The molecule has 0 aliphatic rings. The van der Waals surface area contributed by atoms with Gasteiger partial charge in [0.2, 0.25) is 0 Å². The minimum absolute atomic E-state index is 0.154. The topological polar surface area (TPSA) is 57.2 Å². The minimum atomic E-state index is -0.526. The summed E-state index contributed by atoms with van der Waals surface area (Å²) in [6, 6.07) is 4.55. The van der Waals surface area contributed by atoms with Crippen molar-refractivity contribution in [3.05, 3.63) is 29.7 Å². The van der Waals surface area contributed by atoms with Gasteiger partial charge in [-0.2, -0.15) is 0 Å². The Bertz CT molecular complexity index is 590. The maximum Gasteiger partial charge on any atom is 0.265 e. The third-order valence-electron chi connectivity index (χ3n) is 2.74. The van der Waals surface area contributed by atoms with Gasteiger partial charge in [-0.3, -0.25) is 4.79 Å². The zero-order chi connectivity index (χ0) is 12.6. The van der Waals surface area contributed by atoms with Crippen molar-refractivity contribution in [2.75, 3.05) is 7.11 Å². The lowest BCUT2D eigenvalue weighted by atomic mass is 10.2. The van der Waals surface area contributed by atoms with Gasteiger partial charge in [0.05, 0.1) is 12.6 Å². The third kappa shape index (κ3) is 1.73. The average molecular weight is 236 g/mol. The Balaban J connectivity index is 2.78. The van der Waals surface area contributed by atoms with Gasteiger partial charge in [-0.05, 0) is 19.1 Å². The maximum atomic E-state index is 13.6. The van der Waals surface area contributed by atoms with E-state index in [1.54, 1.807) is 16.7 Å². The van der Waals surface area contributed by atoms with Gasteiger partial charge >= 0.3 is 0 Å². The first-order chi connectivity index (χ1) is 8.08. The summed E-state index contributed by atoms with van der Waals surface area (Å²) in [7, 11) is 1.40. The van der Waals surface area contributed by atoms with Crippen molar-refractivity contribution < 1.29 is 13.9 Å². The van der Waals surface area contributed by atoms with Crippen LogP contribution in [-0.2, 0) is 6.54 Å². The molecule has 0 saturated carbocycles. The summed E-state index contributed by atoms with van der Waals surface area (Å²) in [5, 5.41) is 0.735. The number of benzene rings is 1. The number of ether oxygens (including phenoxy) is 1. The van der Waals surface area contributed by atoms with Crippen LogP contribution in [0.2, 0.25) is 0 Å². The molecule has 0 atom stereocenters. The zero-order valence-corrected chi connectivity index (χ0v) is 9.66. The Morgan fingerprint density at radius 2 is 2.18 bits per heavy atom. The van der Waals surface area contributed by atoms with Gasteiger partial charge in [0.1, 0.15) is 5.69 Å². The van der Waals surface area contributed by atoms with E-state index in [1.165, 1.54) is 13.2 Å². The molecular formula is C12H13FN2O2. The first-order valence-electron chi connectivity index (χ1n) is 5.25. The molecule has 1 aromatic heterocycles. The van der Waals surface area contributed by atoms with Crippen molar-refractivity contribution in [1.82, 2.24) is 4.57 Å². The smallest absolute Gasteiger partial charge is 0.265 e. The number of primary amides is 1. The molecule has 4 nitrogen and oxygen atoms in total. The second-order valence-corrected chi connectivity index (χ2v) is 3.68. The zero-order valence-electron chi connectivity index (χ0n) is 9.66. The Labute approximate surface area is 97.8 Å². The molecule has 2 rings (SSSR count). The molecule has 0 radical (unpaired) electrons. The standard InChI is InChI=1S/C12H13FN2O2/c1-3-15-9-6-8(13)11(17-2)5-7(9)4-10(15)12(14)16/h4-6H,3H2,1-2H3,(H2,14,16). The monoisotopic (exact) mass is 236 g/mol. The molecule has 0 bridgehead atoms. The largest absolute Gasteiger partial charge is 0.494 e. The van der Waals surface area contributed by atoms with Crippen molar-refractivity contribution in [2.24, 2.45) is 5.73 Å². The Morgan fingerprint density at radius 1 is 1.47 bits per heavy atom. The number of methoxy groups -OCH3 is 1. The summed E-state index contributed by atoms with van der Waals surface area (Å²) in [4.78, 5) is 11.3. The molecular weight excluding hydrogens is 223 g/mol. The highest BCUT2D eigenvalue weighted by Crippen LogP contribution is 2.27.